The molecule has 0 aliphatic carbocycles. The zero-order valence-corrected chi connectivity index (χ0v) is 14.9. The number of hydrogen-bond acceptors (Lipinski definition) is 4. The molecular weight excluding hydrogens is 308 g/mol. The molecule has 0 spiro atoms. The number of rotatable bonds is 8. The smallest absolute Gasteiger partial charge is 0.244 e. The Balaban J connectivity index is 3.43. The summed E-state index contributed by atoms with van der Waals surface area (Å²) in [5.74, 6) is 0.242. The van der Waals surface area contributed by atoms with Gasteiger partial charge in [-0.2, -0.15) is 0 Å². The summed E-state index contributed by atoms with van der Waals surface area (Å²) in [7, 11) is 1.61. The van der Waals surface area contributed by atoms with Crippen LogP contribution in [0.1, 0.15) is 32.3 Å². The zero-order valence-electron chi connectivity index (χ0n) is 14.1. The first-order chi connectivity index (χ1) is 11.0. The second-order valence-corrected chi connectivity index (χ2v) is 5.75. The summed E-state index contributed by atoms with van der Waals surface area (Å²) in [4.78, 5) is 16.1. The highest BCUT2D eigenvalue weighted by Gasteiger charge is 2.10. The first kappa shape index (κ1) is 19.0. The second-order valence-electron chi connectivity index (χ2n) is 4.92. The monoisotopic (exact) mass is 332 g/mol. The van der Waals surface area contributed by atoms with Gasteiger partial charge in [0.15, 0.2) is 0 Å². The summed E-state index contributed by atoms with van der Waals surface area (Å²) < 4.78 is 5.41. The van der Waals surface area contributed by atoms with Gasteiger partial charge in [0.05, 0.1) is 17.9 Å². The van der Waals surface area contributed by atoms with E-state index in [1.807, 2.05) is 30.5 Å². The molecule has 1 rings (SSSR count). The van der Waals surface area contributed by atoms with Crippen molar-refractivity contribution in [2.45, 2.75) is 26.7 Å². The van der Waals surface area contributed by atoms with E-state index in [9.17, 15) is 4.79 Å². The van der Waals surface area contributed by atoms with Crippen LogP contribution in [0.15, 0.2) is 52.0 Å². The van der Waals surface area contributed by atoms with Crippen molar-refractivity contribution in [3.63, 3.8) is 0 Å². The summed E-state index contributed by atoms with van der Waals surface area (Å²) in [6, 6.07) is 7.59. The number of allylic oxidation sites excluding steroid dienone is 2. The number of benzene rings is 1. The maximum atomic E-state index is 11.4. The van der Waals surface area contributed by atoms with E-state index in [2.05, 4.69) is 13.0 Å². The Morgan fingerprint density at radius 3 is 2.65 bits per heavy atom. The molecule has 0 saturated heterocycles. The maximum Gasteiger partial charge on any atom is 0.244 e. The Kier molecular flexibility index (Phi) is 8.19. The highest BCUT2D eigenvalue weighted by Crippen LogP contribution is 2.23. The Morgan fingerprint density at radius 2 is 2.09 bits per heavy atom. The molecule has 124 valence electrons. The normalized spacial score (nSPS) is 13.1. The van der Waals surface area contributed by atoms with Crippen LogP contribution >= 0.6 is 11.8 Å². The molecule has 0 unspecified atom stereocenters. The lowest BCUT2D eigenvalue weighted by molar-refractivity contribution is -0.114. The minimum absolute atomic E-state index is 0.450. The molecular formula is C18H24N2O2S. The van der Waals surface area contributed by atoms with Gasteiger partial charge in [-0.05, 0) is 37.8 Å². The summed E-state index contributed by atoms with van der Waals surface area (Å²) in [6.07, 6.45) is 7.79. The maximum absolute atomic E-state index is 11.4. The van der Waals surface area contributed by atoms with Crippen molar-refractivity contribution in [2.75, 3.05) is 13.4 Å². The van der Waals surface area contributed by atoms with Crippen LogP contribution in [0, 0.1) is 0 Å². The Labute approximate surface area is 142 Å². The van der Waals surface area contributed by atoms with Gasteiger partial charge in [-0.1, -0.05) is 31.6 Å². The van der Waals surface area contributed by atoms with Crippen molar-refractivity contribution >= 4 is 23.4 Å². The average Bonchev–Trinajstić information content (AvgIpc) is 2.57. The lowest BCUT2D eigenvalue weighted by atomic mass is 10.1. The number of aliphatic imine (C=N–C) groups is 1. The summed E-state index contributed by atoms with van der Waals surface area (Å²) in [5, 5.41) is 0.904. The van der Waals surface area contributed by atoms with Crippen molar-refractivity contribution in [3.05, 3.63) is 52.6 Å². The SMILES string of the molecule is CCC/C=C(/N=C(\C=C(/C)C(N)=O)c1ccccc1OC)SC. The van der Waals surface area contributed by atoms with Gasteiger partial charge < -0.3 is 10.5 Å². The van der Waals surface area contributed by atoms with Gasteiger partial charge in [0.1, 0.15) is 5.75 Å². The number of hydrogen-bond donors (Lipinski definition) is 1. The molecule has 0 aromatic heterocycles. The summed E-state index contributed by atoms with van der Waals surface area (Å²) in [5.41, 5.74) is 7.30. The molecule has 0 radical (unpaired) electrons. The second kappa shape index (κ2) is 9.90. The molecule has 0 bridgehead atoms. The van der Waals surface area contributed by atoms with Gasteiger partial charge >= 0.3 is 0 Å². The lowest BCUT2D eigenvalue weighted by Crippen LogP contribution is -2.13. The van der Waals surface area contributed by atoms with Crippen molar-refractivity contribution < 1.29 is 9.53 Å². The highest BCUT2D eigenvalue weighted by atomic mass is 32.2. The van der Waals surface area contributed by atoms with Gasteiger partial charge in [-0.25, -0.2) is 4.99 Å². The van der Waals surface area contributed by atoms with Crippen LogP contribution in [-0.2, 0) is 4.79 Å². The van der Waals surface area contributed by atoms with Crippen LogP contribution in [0.5, 0.6) is 5.75 Å². The van der Waals surface area contributed by atoms with E-state index in [-0.39, 0.29) is 0 Å². The molecule has 1 amide bonds. The average molecular weight is 332 g/mol. The molecule has 0 aliphatic rings. The molecule has 23 heavy (non-hydrogen) atoms. The van der Waals surface area contributed by atoms with Crippen LogP contribution in [-0.4, -0.2) is 25.0 Å². The van der Waals surface area contributed by atoms with Crippen molar-refractivity contribution in [1.29, 1.82) is 0 Å². The van der Waals surface area contributed by atoms with Crippen LogP contribution in [0.4, 0.5) is 0 Å². The van der Waals surface area contributed by atoms with E-state index in [0.29, 0.717) is 17.0 Å². The molecule has 0 fully saturated rings. The number of carbonyl (C=O) groups is 1. The minimum Gasteiger partial charge on any atom is -0.496 e. The van der Waals surface area contributed by atoms with Crippen LogP contribution in [0.2, 0.25) is 0 Å². The Hall–Kier alpha value is -2.01. The molecule has 2 N–H and O–H groups in total. The number of carbonyl (C=O) groups excluding carboxylic acids is 1. The van der Waals surface area contributed by atoms with Crippen molar-refractivity contribution in [1.82, 2.24) is 0 Å². The first-order valence-corrected chi connectivity index (χ1v) is 8.70. The Bertz CT molecular complexity index is 634. The third kappa shape index (κ3) is 5.94. The molecule has 4 nitrogen and oxygen atoms in total. The molecule has 1 aromatic carbocycles. The van der Waals surface area contributed by atoms with Gasteiger partial charge in [-0.15, -0.1) is 11.8 Å². The van der Waals surface area contributed by atoms with E-state index in [1.165, 1.54) is 0 Å². The Morgan fingerprint density at radius 1 is 1.39 bits per heavy atom. The minimum atomic E-state index is -0.462. The van der Waals surface area contributed by atoms with Gasteiger partial charge in [0.25, 0.3) is 0 Å². The molecule has 5 heteroatoms. The van der Waals surface area contributed by atoms with E-state index < -0.39 is 5.91 Å². The quantitative estimate of drug-likeness (QED) is 0.579. The van der Waals surface area contributed by atoms with E-state index in [0.717, 1.165) is 23.4 Å². The van der Waals surface area contributed by atoms with Gasteiger partial charge in [0.2, 0.25) is 5.91 Å². The van der Waals surface area contributed by atoms with E-state index in [1.54, 1.807) is 31.9 Å². The number of thioether (sulfide) groups is 1. The lowest BCUT2D eigenvalue weighted by Gasteiger charge is -2.10. The highest BCUT2D eigenvalue weighted by molar-refractivity contribution is 8.02. The molecule has 0 heterocycles. The summed E-state index contributed by atoms with van der Waals surface area (Å²) in [6.45, 7) is 3.80. The number of unbranched alkanes of at least 4 members (excludes halogenated alkanes) is 1. The fourth-order valence-electron chi connectivity index (χ4n) is 1.86. The number of primary amides is 1. The fourth-order valence-corrected chi connectivity index (χ4v) is 2.34. The predicted octanol–water partition coefficient (Wildman–Crippen LogP) is 3.92. The molecule has 1 aromatic rings. The number of nitrogens with two attached hydrogens (primary N) is 1. The fraction of sp³-hybridized carbons (Fsp3) is 0.333. The molecule has 0 aliphatic heterocycles. The van der Waals surface area contributed by atoms with E-state index >= 15 is 0 Å². The molecule has 0 saturated carbocycles. The first-order valence-electron chi connectivity index (χ1n) is 7.47. The van der Waals surface area contributed by atoms with E-state index in [4.69, 9.17) is 15.5 Å². The standard InChI is InChI=1S/C18H24N2O2S/c1-5-6-11-17(23-4)20-15(12-13(2)18(19)21)14-9-7-8-10-16(14)22-3/h7-12H,5-6H2,1-4H3,(H2,19,21)/b13-12+,17-11-,20-15+. The third-order valence-corrected chi connectivity index (χ3v) is 3.85. The topological polar surface area (TPSA) is 64.7 Å². The third-order valence-electron chi connectivity index (χ3n) is 3.17. The molecule has 0 atom stereocenters. The largest absolute Gasteiger partial charge is 0.496 e. The van der Waals surface area contributed by atoms with Crippen LogP contribution in [0.3, 0.4) is 0 Å². The van der Waals surface area contributed by atoms with Gasteiger partial charge in [-0.3, -0.25) is 4.79 Å². The predicted molar refractivity (Wildman–Crippen MR) is 99.0 cm³/mol. The number of amides is 1. The number of para-hydroxylation sites is 1. The number of methoxy groups -OCH3 is 1. The van der Waals surface area contributed by atoms with Crippen LogP contribution in [0.25, 0.3) is 0 Å². The van der Waals surface area contributed by atoms with Crippen molar-refractivity contribution in [3.8, 4) is 5.75 Å². The summed E-state index contributed by atoms with van der Waals surface area (Å²) >= 11 is 1.57. The van der Waals surface area contributed by atoms with Gasteiger partial charge in [0, 0.05) is 11.1 Å². The number of nitrogens with zero attached hydrogens (tertiary/aromatic N) is 1. The van der Waals surface area contributed by atoms with Crippen LogP contribution < -0.4 is 10.5 Å². The van der Waals surface area contributed by atoms with Crippen molar-refractivity contribution in [2.24, 2.45) is 10.7 Å². The number of ether oxygens (including phenoxy) is 1. The zero-order chi connectivity index (χ0) is 17.2.